The Kier molecular flexibility index (Phi) is 9.90. The standard InChI is InChI=1S/C27H34N8O5/c1-17(2)14-19-23-24(29-16-28-19)32-21(31-23)15-35-13-9-10-18(26(35)38)30-25(37)20(40-27(39)34(5)6)11-7-8-12-22(36)33(3)4/h8-10,12-14,16,20H,7,11,15H2,1-6H3,(H,30,37)(H,28,29,31,32)/b12-8+/t20-/m0/s1. The number of allylic oxidation sites excluding steroid dienone is 2. The van der Waals surface area contributed by atoms with Crippen molar-refractivity contribution in [1.82, 2.24) is 34.3 Å². The predicted molar refractivity (Wildman–Crippen MR) is 150 cm³/mol. The van der Waals surface area contributed by atoms with Crippen molar-refractivity contribution < 1.29 is 19.1 Å². The third kappa shape index (κ3) is 7.85. The molecule has 0 aliphatic carbocycles. The first-order chi connectivity index (χ1) is 19.0. The zero-order valence-corrected chi connectivity index (χ0v) is 23.5. The van der Waals surface area contributed by atoms with Crippen molar-refractivity contribution in [3.63, 3.8) is 0 Å². The van der Waals surface area contributed by atoms with Crippen molar-refractivity contribution >= 4 is 40.8 Å². The van der Waals surface area contributed by atoms with Crippen molar-refractivity contribution in [1.29, 1.82) is 0 Å². The van der Waals surface area contributed by atoms with Crippen LogP contribution >= 0.6 is 0 Å². The molecule has 13 nitrogen and oxygen atoms in total. The second kappa shape index (κ2) is 13.3. The molecule has 1 atom stereocenters. The summed E-state index contributed by atoms with van der Waals surface area (Å²) in [5.74, 6) is -0.384. The number of hydrogen-bond acceptors (Lipinski definition) is 8. The zero-order valence-electron chi connectivity index (χ0n) is 23.5. The third-order valence-electron chi connectivity index (χ3n) is 5.59. The fourth-order valence-electron chi connectivity index (χ4n) is 3.53. The molecule has 0 aliphatic rings. The Morgan fingerprint density at radius 2 is 1.90 bits per heavy atom. The molecular formula is C27H34N8O5. The number of aromatic nitrogens is 5. The van der Waals surface area contributed by atoms with E-state index >= 15 is 0 Å². The van der Waals surface area contributed by atoms with E-state index in [1.807, 2.05) is 19.9 Å². The van der Waals surface area contributed by atoms with Crippen molar-refractivity contribution in [3.8, 4) is 0 Å². The number of imidazole rings is 1. The highest BCUT2D eigenvalue weighted by Gasteiger charge is 2.24. The number of carbonyl (C=O) groups excluding carboxylic acids is 3. The molecule has 0 saturated carbocycles. The molecule has 212 valence electrons. The number of hydrogen-bond donors (Lipinski definition) is 2. The van der Waals surface area contributed by atoms with Crippen LogP contribution in [-0.2, 0) is 20.9 Å². The number of ether oxygens (including phenoxy) is 1. The number of anilines is 1. The average molecular weight is 551 g/mol. The number of pyridine rings is 1. The lowest BCUT2D eigenvalue weighted by Crippen LogP contribution is -2.37. The molecule has 0 radical (unpaired) electrons. The molecule has 13 heteroatoms. The van der Waals surface area contributed by atoms with Crippen LogP contribution in [0, 0.1) is 0 Å². The SMILES string of the molecule is CC(C)=Cc1ncnc2nc(Cn3cccc(NC(=O)[C@H](CC/C=C/C(=O)N(C)C)OC(=O)N(C)C)c3=O)[nH]c12. The fourth-order valence-corrected chi connectivity index (χ4v) is 3.53. The smallest absolute Gasteiger partial charge is 0.410 e. The minimum atomic E-state index is -1.19. The van der Waals surface area contributed by atoms with Crippen molar-refractivity contribution in [3.05, 3.63) is 64.3 Å². The number of aromatic amines is 1. The van der Waals surface area contributed by atoms with E-state index in [0.29, 0.717) is 29.1 Å². The van der Waals surface area contributed by atoms with Crippen LogP contribution < -0.4 is 10.9 Å². The molecule has 3 heterocycles. The van der Waals surface area contributed by atoms with Gasteiger partial charge in [-0.2, -0.15) is 0 Å². The molecule has 0 aliphatic heterocycles. The number of nitrogens with one attached hydrogen (secondary N) is 2. The number of likely N-dealkylation sites (N-methyl/N-ethyl adjacent to an activating group) is 1. The molecule has 2 N–H and O–H groups in total. The van der Waals surface area contributed by atoms with Gasteiger partial charge in [0.15, 0.2) is 11.8 Å². The van der Waals surface area contributed by atoms with Gasteiger partial charge < -0.3 is 29.4 Å². The summed E-state index contributed by atoms with van der Waals surface area (Å²) in [6.45, 7) is 4.01. The van der Waals surface area contributed by atoms with Gasteiger partial charge in [0.25, 0.3) is 11.5 Å². The highest BCUT2D eigenvalue weighted by atomic mass is 16.6. The van der Waals surface area contributed by atoms with Gasteiger partial charge in [-0.3, -0.25) is 14.4 Å². The lowest BCUT2D eigenvalue weighted by Gasteiger charge is -2.19. The average Bonchev–Trinajstić information content (AvgIpc) is 3.31. The number of carbonyl (C=O) groups is 3. The summed E-state index contributed by atoms with van der Waals surface area (Å²) >= 11 is 0. The van der Waals surface area contributed by atoms with E-state index in [1.54, 1.807) is 32.4 Å². The molecule has 3 aromatic heterocycles. The van der Waals surface area contributed by atoms with Crippen LogP contribution in [0.1, 0.15) is 38.2 Å². The minimum Gasteiger partial charge on any atom is -0.436 e. The van der Waals surface area contributed by atoms with Crippen LogP contribution in [0.25, 0.3) is 17.2 Å². The van der Waals surface area contributed by atoms with E-state index in [4.69, 9.17) is 4.74 Å². The van der Waals surface area contributed by atoms with Crippen LogP contribution in [0.2, 0.25) is 0 Å². The van der Waals surface area contributed by atoms with Crippen molar-refractivity contribution in [2.45, 2.75) is 39.3 Å². The van der Waals surface area contributed by atoms with Gasteiger partial charge in [-0.05, 0) is 51.0 Å². The molecule has 0 saturated heterocycles. The van der Waals surface area contributed by atoms with Gasteiger partial charge in [0.1, 0.15) is 23.4 Å². The van der Waals surface area contributed by atoms with Crippen LogP contribution in [-0.4, -0.2) is 86.5 Å². The second-order valence-corrected chi connectivity index (χ2v) is 9.69. The summed E-state index contributed by atoms with van der Waals surface area (Å²) in [7, 11) is 6.24. The van der Waals surface area contributed by atoms with E-state index in [1.165, 1.54) is 46.9 Å². The largest absolute Gasteiger partial charge is 0.436 e. The maximum Gasteiger partial charge on any atom is 0.410 e. The first-order valence-electron chi connectivity index (χ1n) is 12.6. The minimum absolute atomic E-state index is 0.0119. The number of H-pyrrole nitrogens is 1. The monoisotopic (exact) mass is 550 g/mol. The maximum absolute atomic E-state index is 13.2. The Bertz CT molecular complexity index is 1500. The molecule has 40 heavy (non-hydrogen) atoms. The summed E-state index contributed by atoms with van der Waals surface area (Å²) in [4.78, 5) is 68.9. The van der Waals surface area contributed by atoms with Gasteiger partial charge in [-0.25, -0.2) is 19.7 Å². The van der Waals surface area contributed by atoms with E-state index < -0.39 is 23.7 Å². The number of amides is 3. The normalized spacial score (nSPS) is 11.8. The van der Waals surface area contributed by atoms with E-state index in [9.17, 15) is 19.2 Å². The van der Waals surface area contributed by atoms with Gasteiger partial charge >= 0.3 is 6.09 Å². The third-order valence-corrected chi connectivity index (χ3v) is 5.59. The number of fused-ring (bicyclic) bond motifs is 1. The van der Waals surface area contributed by atoms with Gasteiger partial charge in [-0.1, -0.05) is 11.6 Å². The molecule has 3 aromatic rings. The van der Waals surface area contributed by atoms with Crippen molar-refractivity contribution in [2.75, 3.05) is 33.5 Å². The number of nitrogens with zero attached hydrogens (tertiary/aromatic N) is 6. The lowest BCUT2D eigenvalue weighted by atomic mass is 10.1. The molecule has 3 amide bonds. The van der Waals surface area contributed by atoms with Gasteiger partial charge in [0, 0.05) is 34.4 Å². The van der Waals surface area contributed by atoms with Gasteiger partial charge in [0.2, 0.25) is 5.91 Å². The molecule has 0 aromatic carbocycles. The Morgan fingerprint density at radius 1 is 1.15 bits per heavy atom. The first kappa shape index (κ1) is 29.7. The Morgan fingerprint density at radius 3 is 2.58 bits per heavy atom. The molecule has 0 unspecified atom stereocenters. The summed E-state index contributed by atoms with van der Waals surface area (Å²) in [5.41, 5.74) is 2.42. The van der Waals surface area contributed by atoms with E-state index in [0.717, 1.165) is 5.57 Å². The maximum atomic E-state index is 13.2. The topological polar surface area (TPSA) is 155 Å². The Balaban J connectivity index is 1.78. The zero-order chi connectivity index (χ0) is 29.4. The van der Waals surface area contributed by atoms with Crippen LogP contribution in [0.15, 0.2) is 47.2 Å². The lowest BCUT2D eigenvalue weighted by molar-refractivity contribution is -0.125. The summed E-state index contributed by atoms with van der Waals surface area (Å²) in [6, 6.07) is 3.08. The second-order valence-electron chi connectivity index (χ2n) is 9.69. The van der Waals surface area contributed by atoms with Crippen LogP contribution in [0.3, 0.4) is 0 Å². The van der Waals surface area contributed by atoms with Crippen LogP contribution in [0.4, 0.5) is 10.5 Å². The van der Waals surface area contributed by atoms with Gasteiger partial charge in [0.05, 0.1) is 12.2 Å². The molecule has 0 fully saturated rings. The van der Waals surface area contributed by atoms with E-state index in [-0.39, 0.29) is 24.6 Å². The summed E-state index contributed by atoms with van der Waals surface area (Å²) < 4.78 is 6.73. The quantitative estimate of drug-likeness (QED) is 0.365. The Labute approximate surface area is 231 Å². The Hall–Kier alpha value is -4.81. The molecule has 3 rings (SSSR count). The summed E-state index contributed by atoms with van der Waals surface area (Å²) in [5, 5.41) is 2.58. The predicted octanol–water partition coefficient (Wildman–Crippen LogP) is 2.42. The molecule has 0 bridgehead atoms. The van der Waals surface area contributed by atoms with Crippen LogP contribution in [0.5, 0.6) is 0 Å². The van der Waals surface area contributed by atoms with Crippen molar-refractivity contribution in [2.24, 2.45) is 0 Å². The highest BCUT2D eigenvalue weighted by molar-refractivity contribution is 5.95. The molecular weight excluding hydrogens is 516 g/mol. The fraction of sp³-hybridized carbons (Fsp3) is 0.370. The summed E-state index contributed by atoms with van der Waals surface area (Å²) in [6.07, 6.45) is 6.39. The molecule has 0 spiro atoms. The first-order valence-corrected chi connectivity index (χ1v) is 12.6. The van der Waals surface area contributed by atoms with E-state index in [2.05, 4.69) is 25.3 Å². The number of rotatable bonds is 10. The highest BCUT2D eigenvalue weighted by Crippen LogP contribution is 2.16. The van der Waals surface area contributed by atoms with Gasteiger partial charge in [-0.15, -0.1) is 0 Å².